The predicted molar refractivity (Wildman–Crippen MR) is 102 cm³/mol. The number of methoxy groups -OCH3 is 1. The summed E-state index contributed by atoms with van der Waals surface area (Å²) in [5.41, 5.74) is -0.485. The van der Waals surface area contributed by atoms with E-state index in [2.05, 4.69) is 20.8 Å². The van der Waals surface area contributed by atoms with Crippen LogP contribution in [0.25, 0.3) is 0 Å². The van der Waals surface area contributed by atoms with E-state index in [1.54, 1.807) is 7.11 Å². The van der Waals surface area contributed by atoms with E-state index in [1.807, 2.05) is 6.92 Å². The lowest BCUT2D eigenvalue weighted by molar-refractivity contribution is -0.198. The highest BCUT2D eigenvalue weighted by atomic mass is 16.7. The van der Waals surface area contributed by atoms with Gasteiger partial charge in [-0.05, 0) is 39.5 Å². The van der Waals surface area contributed by atoms with Crippen molar-refractivity contribution in [3.63, 3.8) is 0 Å². The zero-order valence-electron chi connectivity index (χ0n) is 17.9. The molecule has 0 bridgehead atoms. The summed E-state index contributed by atoms with van der Waals surface area (Å²) >= 11 is 0. The molecule has 0 radical (unpaired) electrons. The number of hydrogen-bond donors (Lipinski definition) is 0. The Morgan fingerprint density at radius 2 is 1.54 bits per heavy atom. The van der Waals surface area contributed by atoms with E-state index in [0.29, 0.717) is 24.7 Å². The molecule has 1 aliphatic heterocycles. The van der Waals surface area contributed by atoms with E-state index in [9.17, 15) is 14.4 Å². The van der Waals surface area contributed by atoms with E-state index in [1.165, 1.54) is 0 Å². The molecule has 0 aromatic rings. The van der Waals surface area contributed by atoms with Crippen LogP contribution in [-0.2, 0) is 33.4 Å². The van der Waals surface area contributed by atoms with Gasteiger partial charge in [-0.1, -0.05) is 13.8 Å². The maximum atomic E-state index is 11.7. The van der Waals surface area contributed by atoms with Crippen molar-refractivity contribution in [1.82, 2.24) is 5.06 Å². The van der Waals surface area contributed by atoms with Crippen LogP contribution >= 0.6 is 0 Å². The number of hydroxylamine groups is 2. The maximum Gasteiger partial charge on any atom is 0.335 e. The van der Waals surface area contributed by atoms with E-state index in [-0.39, 0.29) is 37.1 Å². The Morgan fingerprint density at radius 3 is 2.07 bits per heavy atom. The van der Waals surface area contributed by atoms with Crippen LogP contribution in [0.1, 0.15) is 72.6 Å². The first-order valence-corrected chi connectivity index (χ1v) is 10.0. The Bertz CT molecular complexity index is 517. The fourth-order valence-electron chi connectivity index (χ4n) is 2.64. The number of carbonyl (C=O) groups excluding carboxylic acids is 3. The number of ether oxygens (including phenoxy) is 3. The van der Waals surface area contributed by atoms with Gasteiger partial charge in [0.25, 0.3) is 11.8 Å². The minimum atomic E-state index is -0.656. The second-order valence-corrected chi connectivity index (χ2v) is 7.57. The average Bonchev–Trinajstić information content (AvgIpc) is 2.99. The van der Waals surface area contributed by atoms with E-state index >= 15 is 0 Å². The molecule has 0 aromatic carbocycles. The number of rotatable bonds is 14. The van der Waals surface area contributed by atoms with Gasteiger partial charge in [-0.2, -0.15) is 0 Å². The fourth-order valence-corrected chi connectivity index (χ4v) is 2.64. The molecule has 1 heterocycles. The Labute approximate surface area is 167 Å². The van der Waals surface area contributed by atoms with Crippen molar-refractivity contribution >= 4 is 17.8 Å². The first kappa shape index (κ1) is 24.5. The molecule has 0 spiro atoms. The third-order valence-electron chi connectivity index (χ3n) is 5.49. The summed E-state index contributed by atoms with van der Waals surface area (Å²) < 4.78 is 17.1. The lowest BCUT2D eigenvalue weighted by atomic mass is 9.97. The van der Waals surface area contributed by atoms with Crippen molar-refractivity contribution < 1.29 is 33.4 Å². The molecule has 2 amide bonds. The number of hydrogen-bond acceptors (Lipinski definition) is 7. The third kappa shape index (κ3) is 7.85. The van der Waals surface area contributed by atoms with Crippen molar-refractivity contribution in [2.24, 2.45) is 0 Å². The van der Waals surface area contributed by atoms with Gasteiger partial charge in [0.05, 0.1) is 30.8 Å². The third-order valence-corrected chi connectivity index (χ3v) is 5.49. The van der Waals surface area contributed by atoms with Crippen LogP contribution < -0.4 is 0 Å². The van der Waals surface area contributed by atoms with Crippen LogP contribution in [0.15, 0.2) is 0 Å². The van der Waals surface area contributed by atoms with Crippen molar-refractivity contribution in [3.8, 4) is 0 Å². The average molecular weight is 402 g/mol. The van der Waals surface area contributed by atoms with Crippen LogP contribution in [0.2, 0.25) is 0 Å². The van der Waals surface area contributed by atoms with Gasteiger partial charge in [0.1, 0.15) is 0 Å². The Balaban J connectivity index is 2.24. The Hall–Kier alpha value is -1.51. The summed E-state index contributed by atoms with van der Waals surface area (Å²) in [5, 5.41) is 0.550. The standard InChI is InChI=1S/C20H35NO7/c1-6-19(3,25-5)12-15-27-20(4,7-2)11-14-26-13-10-18(24)28-21-16(22)8-9-17(21)23/h6-15H2,1-5H3. The number of nitrogens with zero attached hydrogens (tertiary/aromatic N) is 1. The molecule has 2 atom stereocenters. The summed E-state index contributed by atoms with van der Waals surface area (Å²) in [6.45, 7) is 9.48. The SMILES string of the molecule is CCC(C)(CCOC(C)(CC)CCOCCC(=O)ON1C(=O)CCC1=O)OC. The van der Waals surface area contributed by atoms with Crippen LogP contribution in [0, 0.1) is 0 Å². The summed E-state index contributed by atoms with van der Waals surface area (Å²) in [5.74, 6) is -1.62. The minimum Gasteiger partial charge on any atom is -0.381 e. The molecule has 0 saturated carbocycles. The molecule has 8 nitrogen and oxygen atoms in total. The lowest BCUT2D eigenvalue weighted by Crippen LogP contribution is -2.34. The summed E-state index contributed by atoms with van der Waals surface area (Å²) in [6, 6.07) is 0. The number of carbonyl (C=O) groups is 3. The summed E-state index contributed by atoms with van der Waals surface area (Å²) in [7, 11) is 1.72. The Kier molecular flexibility index (Phi) is 10.1. The van der Waals surface area contributed by atoms with Crippen LogP contribution in [0.4, 0.5) is 0 Å². The smallest absolute Gasteiger partial charge is 0.335 e. The predicted octanol–water partition coefficient (Wildman–Crippen LogP) is 2.78. The largest absolute Gasteiger partial charge is 0.381 e. The zero-order chi connectivity index (χ0) is 21.2. The molecule has 0 aromatic heterocycles. The molecular weight excluding hydrogens is 366 g/mol. The highest BCUT2D eigenvalue weighted by molar-refractivity contribution is 6.01. The first-order valence-electron chi connectivity index (χ1n) is 10.0. The molecule has 1 saturated heterocycles. The maximum absolute atomic E-state index is 11.7. The van der Waals surface area contributed by atoms with E-state index in [0.717, 1.165) is 19.3 Å². The molecule has 0 N–H and O–H groups in total. The van der Waals surface area contributed by atoms with Crippen LogP contribution in [-0.4, -0.2) is 61.0 Å². The van der Waals surface area contributed by atoms with Gasteiger partial charge in [-0.15, -0.1) is 5.06 Å². The van der Waals surface area contributed by atoms with Gasteiger partial charge in [0.15, 0.2) is 0 Å². The van der Waals surface area contributed by atoms with Gasteiger partial charge < -0.3 is 19.0 Å². The highest BCUT2D eigenvalue weighted by Crippen LogP contribution is 2.24. The second kappa shape index (κ2) is 11.5. The molecule has 0 aliphatic carbocycles. The summed E-state index contributed by atoms with van der Waals surface area (Å²) in [6.07, 6.45) is 3.41. The van der Waals surface area contributed by atoms with Crippen LogP contribution in [0.5, 0.6) is 0 Å². The van der Waals surface area contributed by atoms with Gasteiger partial charge in [-0.3, -0.25) is 9.59 Å². The van der Waals surface area contributed by atoms with Crippen molar-refractivity contribution in [1.29, 1.82) is 0 Å². The van der Waals surface area contributed by atoms with Crippen LogP contribution in [0.3, 0.4) is 0 Å². The van der Waals surface area contributed by atoms with E-state index < -0.39 is 17.8 Å². The molecular formula is C20H35NO7. The molecule has 1 fully saturated rings. The highest BCUT2D eigenvalue weighted by Gasteiger charge is 2.32. The van der Waals surface area contributed by atoms with Gasteiger partial charge in [-0.25, -0.2) is 4.79 Å². The van der Waals surface area contributed by atoms with E-state index in [4.69, 9.17) is 19.0 Å². The molecule has 28 heavy (non-hydrogen) atoms. The molecule has 1 aliphatic rings. The number of imide groups is 1. The lowest BCUT2D eigenvalue weighted by Gasteiger charge is -2.32. The van der Waals surface area contributed by atoms with Gasteiger partial charge in [0.2, 0.25) is 0 Å². The fraction of sp³-hybridized carbons (Fsp3) is 0.850. The number of amides is 2. The molecule has 2 unspecified atom stereocenters. The van der Waals surface area contributed by atoms with Gasteiger partial charge in [0, 0.05) is 26.6 Å². The first-order chi connectivity index (χ1) is 13.2. The Morgan fingerprint density at radius 1 is 0.964 bits per heavy atom. The normalized spacial score (nSPS) is 18.8. The van der Waals surface area contributed by atoms with Crippen molar-refractivity contribution in [2.75, 3.05) is 26.9 Å². The van der Waals surface area contributed by atoms with Gasteiger partial charge >= 0.3 is 5.97 Å². The van der Waals surface area contributed by atoms with Crippen molar-refractivity contribution in [2.45, 2.75) is 83.8 Å². The second-order valence-electron chi connectivity index (χ2n) is 7.57. The van der Waals surface area contributed by atoms with Crippen molar-refractivity contribution in [3.05, 3.63) is 0 Å². The minimum absolute atomic E-state index is 0.0244. The topological polar surface area (TPSA) is 91.4 Å². The monoisotopic (exact) mass is 401 g/mol. The molecule has 8 heteroatoms. The molecule has 1 rings (SSSR count). The zero-order valence-corrected chi connectivity index (χ0v) is 17.9. The quantitative estimate of drug-likeness (QED) is 0.326. The molecule has 162 valence electrons. The summed E-state index contributed by atoms with van der Waals surface area (Å²) in [4.78, 5) is 39.3.